The summed E-state index contributed by atoms with van der Waals surface area (Å²) in [4.78, 5) is 39.6. The van der Waals surface area contributed by atoms with Crippen LogP contribution in [0, 0.1) is 5.92 Å². The maximum absolute atomic E-state index is 12.5. The lowest BCUT2D eigenvalue weighted by Gasteiger charge is -2.31. The van der Waals surface area contributed by atoms with Crippen molar-refractivity contribution >= 4 is 29.5 Å². The van der Waals surface area contributed by atoms with Gasteiger partial charge in [-0.2, -0.15) is 0 Å². The van der Waals surface area contributed by atoms with Gasteiger partial charge in [0, 0.05) is 23.2 Å². The molecule has 0 radical (unpaired) electrons. The van der Waals surface area contributed by atoms with Crippen LogP contribution < -0.4 is 5.32 Å². The lowest BCUT2D eigenvalue weighted by atomic mass is 10.00. The van der Waals surface area contributed by atoms with Crippen LogP contribution in [0.4, 0.5) is 0 Å². The van der Waals surface area contributed by atoms with Gasteiger partial charge in [-0.05, 0) is 33.7 Å². The number of thioether (sulfide) groups is 1. The molecule has 1 heterocycles. The van der Waals surface area contributed by atoms with Gasteiger partial charge in [-0.15, -0.1) is 11.8 Å². The van der Waals surface area contributed by atoms with Crippen LogP contribution in [0.15, 0.2) is 11.6 Å². The van der Waals surface area contributed by atoms with Crippen LogP contribution in [0.2, 0.25) is 0 Å². The van der Waals surface area contributed by atoms with Gasteiger partial charge in [0.1, 0.15) is 6.04 Å². The third kappa shape index (κ3) is 5.48. The summed E-state index contributed by atoms with van der Waals surface area (Å²) in [5.74, 6) is -0.604. The molecule has 7 nitrogen and oxygen atoms in total. The van der Waals surface area contributed by atoms with E-state index in [0.29, 0.717) is 0 Å². The summed E-state index contributed by atoms with van der Waals surface area (Å²) >= 11 is 1.71. The molecule has 0 aromatic heterocycles. The van der Waals surface area contributed by atoms with Crippen molar-refractivity contribution in [2.24, 2.45) is 5.92 Å². The predicted octanol–water partition coefficient (Wildman–Crippen LogP) is 1.40. The largest absolute Gasteiger partial charge is 0.478 e. The van der Waals surface area contributed by atoms with Gasteiger partial charge in [-0.1, -0.05) is 19.9 Å². The number of hydrogen-bond donors (Lipinski definition) is 2. The number of nitrogens with one attached hydrogen (secondary N) is 1. The van der Waals surface area contributed by atoms with Crippen molar-refractivity contribution in [2.75, 3.05) is 26.5 Å². The van der Waals surface area contributed by atoms with E-state index >= 15 is 0 Å². The van der Waals surface area contributed by atoms with Crippen LogP contribution >= 0.6 is 11.8 Å². The number of aliphatic carboxylic acids is 1. The number of likely N-dealkylation sites (N-methyl/N-ethyl adjacent to an activating group) is 2. The van der Waals surface area contributed by atoms with Crippen molar-refractivity contribution in [1.82, 2.24) is 15.1 Å². The van der Waals surface area contributed by atoms with Crippen LogP contribution in [0.3, 0.4) is 0 Å². The zero-order chi connectivity index (χ0) is 20.2. The van der Waals surface area contributed by atoms with Crippen molar-refractivity contribution in [2.45, 2.75) is 51.4 Å². The molecule has 2 atom stereocenters. The van der Waals surface area contributed by atoms with E-state index < -0.39 is 5.97 Å². The molecule has 0 spiro atoms. The maximum Gasteiger partial charge on any atom is 0.331 e. The molecule has 148 valence electrons. The quantitative estimate of drug-likeness (QED) is 0.644. The van der Waals surface area contributed by atoms with E-state index in [1.807, 2.05) is 39.6 Å². The van der Waals surface area contributed by atoms with Crippen LogP contribution in [-0.2, 0) is 14.4 Å². The van der Waals surface area contributed by atoms with E-state index in [1.54, 1.807) is 24.9 Å². The fraction of sp³-hybridized carbons (Fsp3) is 0.722. The number of hydrogen-bond acceptors (Lipinski definition) is 5. The second-order valence-electron chi connectivity index (χ2n) is 7.65. The van der Waals surface area contributed by atoms with Gasteiger partial charge < -0.3 is 15.3 Å². The second-order valence-corrected chi connectivity index (χ2v) is 9.25. The number of rotatable bonds is 7. The molecular weight excluding hydrogens is 354 g/mol. The molecule has 1 aliphatic rings. The summed E-state index contributed by atoms with van der Waals surface area (Å²) in [5.41, 5.74) is 0.193. The third-order valence-corrected chi connectivity index (χ3v) is 6.19. The van der Waals surface area contributed by atoms with Gasteiger partial charge in [-0.25, -0.2) is 4.79 Å². The Morgan fingerprint density at radius 3 is 2.38 bits per heavy atom. The summed E-state index contributed by atoms with van der Waals surface area (Å²) in [6.45, 7) is 9.29. The molecule has 1 saturated heterocycles. The summed E-state index contributed by atoms with van der Waals surface area (Å²) in [7, 11) is 3.53. The second kappa shape index (κ2) is 8.90. The molecular formula is C18H31N3O4S. The highest BCUT2D eigenvalue weighted by atomic mass is 32.2. The van der Waals surface area contributed by atoms with Crippen molar-refractivity contribution < 1.29 is 19.5 Å². The molecule has 0 aliphatic carbocycles. The van der Waals surface area contributed by atoms with Crippen LogP contribution in [0.1, 0.15) is 34.6 Å². The van der Waals surface area contributed by atoms with Crippen LogP contribution in [0.5, 0.6) is 0 Å². The van der Waals surface area contributed by atoms with E-state index in [-0.39, 0.29) is 46.7 Å². The first kappa shape index (κ1) is 22.5. The first-order chi connectivity index (χ1) is 11.9. The number of nitrogens with zero attached hydrogens (tertiary/aromatic N) is 2. The van der Waals surface area contributed by atoms with Gasteiger partial charge in [0.15, 0.2) is 0 Å². The fourth-order valence-electron chi connectivity index (χ4n) is 3.10. The zero-order valence-corrected chi connectivity index (χ0v) is 17.5. The Morgan fingerprint density at radius 2 is 1.96 bits per heavy atom. The lowest BCUT2D eigenvalue weighted by molar-refractivity contribution is -0.135. The van der Waals surface area contributed by atoms with E-state index in [2.05, 4.69) is 5.32 Å². The first-order valence-corrected chi connectivity index (χ1v) is 9.66. The molecule has 0 saturated carbocycles. The standard InChI is InChI=1S/C18H31N3O4S/c1-11(2)13(8-12(3)17(24)25)21(7)14(22)9-19-16(23)15-18(4,5)26-10-20(15)6/h8,11,13,15H,9-10H2,1-7H3,(H,19,23)(H,24,25)/b12-8+. The highest BCUT2D eigenvalue weighted by Gasteiger charge is 2.44. The summed E-state index contributed by atoms with van der Waals surface area (Å²) in [6, 6.07) is -0.641. The monoisotopic (exact) mass is 385 g/mol. The van der Waals surface area contributed by atoms with Crippen LogP contribution in [-0.4, -0.2) is 76.0 Å². The summed E-state index contributed by atoms with van der Waals surface area (Å²) in [5, 5.41) is 11.8. The SMILES string of the molecule is C/C(=C\C(C(C)C)N(C)C(=O)CNC(=O)C1N(C)CSC1(C)C)C(=O)O. The fourth-order valence-corrected chi connectivity index (χ4v) is 4.23. The van der Waals surface area contributed by atoms with Gasteiger partial charge in [0.25, 0.3) is 0 Å². The molecule has 1 aliphatic heterocycles. The van der Waals surface area contributed by atoms with E-state index in [1.165, 1.54) is 11.8 Å². The Morgan fingerprint density at radius 1 is 1.38 bits per heavy atom. The Labute approximate surface area is 160 Å². The Balaban J connectivity index is 2.75. The van der Waals surface area contributed by atoms with Crippen LogP contribution in [0.25, 0.3) is 0 Å². The Bertz CT molecular complexity index is 589. The van der Waals surface area contributed by atoms with E-state index in [0.717, 1.165) is 5.88 Å². The van der Waals surface area contributed by atoms with Gasteiger partial charge in [0.2, 0.25) is 11.8 Å². The van der Waals surface area contributed by atoms with E-state index in [4.69, 9.17) is 5.11 Å². The summed E-state index contributed by atoms with van der Waals surface area (Å²) < 4.78 is -0.213. The van der Waals surface area contributed by atoms with Crippen molar-refractivity contribution in [3.63, 3.8) is 0 Å². The molecule has 0 bridgehead atoms. The van der Waals surface area contributed by atoms with Gasteiger partial charge >= 0.3 is 5.97 Å². The van der Waals surface area contributed by atoms with Crippen molar-refractivity contribution in [1.29, 1.82) is 0 Å². The molecule has 1 fully saturated rings. The van der Waals surface area contributed by atoms with Gasteiger partial charge in [0.05, 0.1) is 12.6 Å². The number of carboxylic acids is 1. The third-order valence-electron chi connectivity index (χ3n) is 4.68. The molecule has 0 aromatic rings. The number of carbonyl (C=O) groups is 3. The molecule has 26 heavy (non-hydrogen) atoms. The van der Waals surface area contributed by atoms with E-state index in [9.17, 15) is 14.4 Å². The average Bonchev–Trinajstić information content (AvgIpc) is 2.81. The van der Waals surface area contributed by atoms with Crippen molar-refractivity contribution in [3.8, 4) is 0 Å². The number of carboxylic acid groups (broad SMARTS) is 1. The smallest absolute Gasteiger partial charge is 0.331 e. The minimum Gasteiger partial charge on any atom is -0.478 e. The molecule has 2 amide bonds. The normalized spacial score (nSPS) is 21.5. The molecule has 1 rings (SSSR count). The number of amides is 2. The molecule has 0 aromatic carbocycles. The predicted molar refractivity (Wildman–Crippen MR) is 104 cm³/mol. The number of carbonyl (C=O) groups excluding carboxylic acids is 2. The topological polar surface area (TPSA) is 90.0 Å². The van der Waals surface area contributed by atoms with Gasteiger partial charge in [-0.3, -0.25) is 14.5 Å². The minimum atomic E-state index is -1.01. The summed E-state index contributed by atoms with van der Waals surface area (Å²) in [6.07, 6.45) is 1.58. The highest BCUT2D eigenvalue weighted by molar-refractivity contribution is 8.00. The highest BCUT2D eigenvalue weighted by Crippen LogP contribution is 2.38. The maximum atomic E-state index is 12.5. The Kier molecular flexibility index (Phi) is 7.70. The lowest BCUT2D eigenvalue weighted by Crippen LogP contribution is -2.52. The molecule has 2 N–H and O–H groups in total. The average molecular weight is 386 g/mol. The minimum absolute atomic E-state index is 0.0465. The Hall–Kier alpha value is -1.54. The van der Waals surface area contributed by atoms with Crippen molar-refractivity contribution in [3.05, 3.63) is 11.6 Å². The first-order valence-electron chi connectivity index (χ1n) is 8.67. The molecule has 8 heteroatoms. The zero-order valence-electron chi connectivity index (χ0n) is 16.7. The molecule has 2 unspecified atom stereocenters.